The quantitative estimate of drug-likeness (QED) is 0.867. The van der Waals surface area contributed by atoms with Gasteiger partial charge in [-0.3, -0.25) is 0 Å². The predicted molar refractivity (Wildman–Crippen MR) is 69.2 cm³/mol. The van der Waals surface area contributed by atoms with Gasteiger partial charge in [-0.15, -0.1) is 0 Å². The minimum absolute atomic E-state index is 0.0989. The molecule has 1 aliphatic rings. The summed E-state index contributed by atoms with van der Waals surface area (Å²) in [6, 6.07) is 8.02. The number of nitrogens with zero attached hydrogens (tertiary/aromatic N) is 1. The minimum Gasteiger partial charge on any atom is -0.392 e. The van der Waals surface area contributed by atoms with Crippen molar-refractivity contribution >= 4 is 5.69 Å². The van der Waals surface area contributed by atoms with Crippen LogP contribution in [0.3, 0.4) is 0 Å². The third-order valence-electron chi connectivity index (χ3n) is 3.36. The van der Waals surface area contributed by atoms with Crippen LogP contribution in [0.5, 0.6) is 0 Å². The van der Waals surface area contributed by atoms with E-state index in [2.05, 4.69) is 18.0 Å². The molecule has 2 rings (SSSR count). The Hall–Kier alpha value is -1.06. The average molecular weight is 235 g/mol. The van der Waals surface area contributed by atoms with Gasteiger partial charge < -0.3 is 14.7 Å². The lowest BCUT2D eigenvalue weighted by molar-refractivity contribution is 0.0576. The predicted octanol–water partition coefficient (Wildman–Crippen LogP) is 2.04. The van der Waals surface area contributed by atoms with Crippen molar-refractivity contribution < 1.29 is 9.84 Å². The Kier molecular flexibility index (Phi) is 4.40. The summed E-state index contributed by atoms with van der Waals surface area (Å²) in [6.07, 6.45) is 2.41. The third kappa shape index (κ3) is 3.20. The summed E-state index contributed by atoms with van der Waals surface area (Å²) in [7, 11) is 2.09. The number of benzene rings is 1. The van der Waals surface area contributed by atoms with Crippen molar-refractivity contribution in [1.29, 1.82) is 0 Å². The van der Waals surface area contributed by atoms with E-state index in [1.165, 1.54) is 12.8 Å². The van der Waals surface area contributed by atoms with E-state index >= 15 is 0 Å². The molecule has 1 unspecified atom stereocenters. The first kappa shape index (κ1) is 12.4. The molecular formula is C14H21NO2. The van der Waals surface area contributed by atoms with Crippen LogP contribution in [0.25, 0.3) is 0 Å². The van der Waals surface area contributed by atoms with Crippen LogP contribution in [-0.2, 0) is 11.3 Å². The van der Waals surface area contributed by atoms with Gasteiger partial charge >= 0.3 is 0 Å². The molecule has 1 aliphatic heterocycles. The second-order valence-electron chi connectivity index (χ2n) is 4.75. The number of hydrogen-bond donors (Lipinski definition) is 1. The van der Waals surface area contributed by atoms with E-state index < -0.39 is 0 Å². The molecule has 0 saturated carbocycles. The number of hydrogen-bond acceptors (Lipinski definition) is 3. The second-order valence-corrected chi connectivity index (χ2v) is 4.75. The number of aliphatic hydroxyl groups excluding tert-OH is 1. The highest BCUT2D eigenvalue weighted by atomic mass is 16.5. The zero-order chi connectivity index (χ0) is 12.1. The van der Waals surface area contributed by atoms with Crippen molar-refractivity contribution in [2.24, 2.45) is 5.92 Å². The van der Waals surface area contributed by atoms with Gasteiger partial charge in [0.25, 0.3) is 0 Å². The van der Waals surface area contributed by atoms with Gasteiger partial charge in [0.2, 0.25) is 0 Å². The molecule has 0 aliphatic carbocycles. The van der Waals surface area contributed by atoms with Gasteiger partial charge in [-0.2, -0.15) is 0 Å². The molecular weight excluding hydrogens is 214 g/mol. The maximum Gasteiger partial charge on any atom is 0.0702 e. The van der Waals surface area contributed by atoms with Gasteiger partial charge in [0.1, 0.15) is 0 Å². The molecule has 1 fully saturated rings. The molecule has 0 amide bonds. The lowest BCUT2D eigenvalue weighted by Gasteiger charge is -2.29. The summed E-state index contributed by atoms with van der Waals surface area (Å²) in [5, 5.41) is 9.32. The molecule has 94 valence electrons. The van der Waals surface area contributed by atoms with Crippen LogP contribution in [0.2, 0.25) is 0 Å². The summed E-state index contributed by atoms with van der Waals surface area (Å²) in [6.45, 7) is 2.87. The SMILES string of the molecule is CN(CC1CCCOC1)c1ccccc1CO. The summed E-state index contributed by atoms with van der Waals surface area (Å²) >= 11 is 0. The Bertz CT molecular complexity index is 348. The van der Waals surface area contributed by atoms with Crippen molar-refractivity contribution in [3.8, 4) is 0 Å². The number of para-hydroxylation sites is 1. The second kappa shape index (κ2) is 6.03. The van der Waals surface area contributed by atoms with Gasteiger partial charge in [0.05, 0.1) is 13.2 Å². The third-order valence-corrected chi connectivity index (χ3v) is 3.36. The van der Waals surface area contributed by atoms with E-state index in [-0.39, 0.29) is 6.61 Å². The maximum atomic E-state index is 9.32. The Morgan fingerprint density at radius 3 is 2.94 bits per heavy atom. The molecule has 1 aromatic carbocycles. The molecule has 1 aromatic rings. The molecule has 17 heavy (non-hydrogen) atoms. The Morgan fingerprint density at radius 2 is 2.24 bits per heavy atom. The minimum atomic E-state index is 0.0989. The van der Waals surface area contributed by atoms with Gasteiger partial charge in [-0.05, 0) is 24.8 Å². The topological polar surface area (TPSA) is 32.7 Å². The van der Waals surface area contributed by atoms with E-state index in [1.54, 1.807) is 0 Å². The van der Waals surface area contributed by atoms with E-state index in [0.29, 0.717) is 5.92 Å². The molecule has 1 heterocycles. The van der Waals surface area contributed by atoms with Crippen molar-refractivity contribution in [2.75, 3.05) is 31.7 Å². The van der Waals surface area contributed by atoms with Crippen LogP contribution < -0.4 is 4.90 Å². The zero-order valence-electron chi connectivity index (χ0n) is 10.4. The van der Waals surface area contributed by atoms with Crippen molar-refractivity contribution in [3.63, 3.8) is 0 Å². The number of anilines is 1. The summed E-state index contributed by atoms with van der Waals surface area (Å²) < 4.78 is 5.50. The van der Waals surface area contributed by atoms with Crippen molar-refractivity contribution in [2.45, 2.75) is 19.4 Å². The first-order chi connectivity index (χ1) is 8.31. The molecule has 0 spiro atoms. The van der Waals surface area contributed by atoms with E-state index in [9.17, 15) is 5.11 Å². The van der Waals surface area contributed by atoms with Crippen LogP contribution >= 0.6 is 0 Å². The number of aliphatic hydroxyl groups is 1. The van der Waals surface area contributed by atoms with Crippen molar-refractivity contribution in [1.82, 2.24) is 0 Å². The first-order valence-corrected chi connectivity index (χ1v) is 6.29. The van der Waals surface area contributed by atoms with Crippen LogP contribution in [-0.4, -0.2) is 31.9 Å². The lowest BCUT2D eigenvalue weighted by atomic mass is 10.0. The summed E-state index contributed by atoms with van der Waals surface area (Å²) in [4.78, 5) is 2.23. The lowest BCUT2D eigenvalue weighted by Crippen LogP contribution is -2.31. The van der Waals surface area contributed by atoms with Gasteiger partial charge in [-0.1, -0.05) is 18.2 Å². The highest BCUT2D eigenvalue weighted by Crippen LogP contribution is 2.22. The molecule has 1 N–H and O–H groups in total. The fourth-order valence-electron chi connectivity index (χ4n) is 2.45. The molecule has 0 aromatic heterocycles. The Labute approximate surface area is 103 Å². The van der Waals surface area contributed by atoms with E-state index in [1.807, 2.05) is 18.2 Å². The first-order valence-electron chi connectivity index (χ1n) is 6.29. The van der Waals surface area contributed by atoms with E-state index in [0.717, 1.165) is 31.0 Å². The van der Waals surface area contributed by atoms with Gasteiger partial charge in [0, 0.05) is 31.5 Å². The van der Waals surface area contributed by atoms with Crippen molar-refractivity contribution in [3.05, 3.63) is 29.8 Å². The van der Waals surface area contributed by atoms with Crippen LogP contribution in [0.4, 0.5) is 5.69 Å². The normalized spacial score (nSPS) is 20.2. The zero-order valence-corrected chi connectivity index (χ0v) is 10.4. The molecule has 3 heteroatoms. The summed E-state index contributed by atoms with van der Waals surface area (Å²) in [5.41, 5.74) is 2.12. The molecule has 0 radical (unpaired) electrons. The fourth-order valence-corrected chi connectivity index (χ4v) is 2.45. The number of ether oxygens (including phenoxy) is 1. The molecule has 1 saturated heterocycles. The molecule has 0 bridgehead atoms. The molecule has 3 nitrogen and oxygen atoms in total. The van der Waals surface area contributed by atoms with Gasteiger partial charge in [0.15, 0.2) is 0 Å². The Balaban J connectivity index is 2.00. The largest absolute Gasteiger partial charge is 0.392 e. The highest BCUT2D eigenvalue weighted by molar-refractivity contribution is 5.52. The van der Waals surface area contributed by atoms with Crippen LogP contribution in [0, 0.1) is 5.92 Å². The average Bonchev–Trinajstić information content (AvgIpc) is 2.40. The van der Waals surface area contributed by atoms with Gasteiger partial charge in [-0.25, -0.2) is 0 Å². The van der Waals surface area contributed by atoms with E-state index in [4.69, 9.17) is 4.74 Å². The van der Waals surface area contributed by atoms with Crippen LogP contribution in [0.15, 0.2) is 24.3 Å². The van der Waals surface area contributed by atoms with Crippen LogP contribution in [0.1, 0.15) is 18.4 Å². The molecule has 1 atom stereocenters. The smallest absolute Gasteiger partial charge is 0.0702 e. The Morgan fingerprint density at radius 1 is 1.41 bits per heavy atom. The number of rotatable bonds is 4. The maximum absolute atomic E-state index is 9.32. The summed E-state index contributed by atoms with van der Waals surface area (Å²) in [5.74, 6) is 0.612. The monoisotopic (exact) mass is 235 g/mol. The highest BCUT2D eigenvalue weighted by Gasteiger charge is 2.17. The fraction of sp³-hybridized carbons (Fsp3) is 0.571. The standard InChI is InChI=1S/C14H21NO2/c1-15(9-12-5-4-8-17-11-12)14-7-3-2-6-13(14)10-16/h2-3,6-7,12,16H,4-5,8-11H2,1H3.